The Hall–Kier alpha value is -4.37. The molecular formula is C29H33N7O2. The van der Waals surface area contributed by atoms with Crippen molar-refractivity contribution in [1.29, 1.82) is 0 Å². The number of rotatable bonds is 10. The van der Waals surface area contributed by atoms with Gasteiger partial charge in [-0.15, -0.1) is 10.2 Å². The highest BCUT2D eigenvalue weighted by Gasteiger charge is 2.27. The quantitative estimate of drug-likeness (QED) is 0.294. The normalized spacial score (nSPS) is 12.1. The number of tetrazole rings is 1. The lowest BCUT2D eigenvalue weighted by atomic mass is 9.98. The maximum Gasteiger partial charge on any atom is 0.249 e. The zero-order chi connectivity index (χ0) is 27.1. The van der Waals surface area contributed by atoms with Crippen molar-refractivity contribution in [2.75, 3.05) is 4.90 Å². The highest BCUT2D eigenvalue weighted by molar-refractivity contribution is 5.99. The molecule has 0 radical (unpaired) electrons. The Kier molecular flexibility index (Phi) is 8.28. The minimum absolute atomic E-state index is 0.134. The van der Waals surface area contributed by atoms with Gasteiger partial charge in [-0.25, -0.2) is 0 Å². The molecule has 4 aromatic rings. The van der Waals surface area contributed by atoms with E-state index in [-0.39, 0.29) is 18.2 Å². The summed E-state index contributed by atoms with van der Waals surface area (Å²) in [7, 11) is 0. The van der Waals surface area contributed by atoms with E-state index in [1.165, 1.54) is 0 Å². The molecule has 0 aliphatic carbocycles. The maximum atomic E-state index is 13.7. The Labute approximate surface area is 222 Å². The molecule has 196 valence electrons. The lowest BCUT2D eigenvalue weighted by Gasteiger charge is -2.28. The summed E-state index contributed by atoms with van der Waals surface area (Å²) in [5, 5.41) is 17.3. The van der Waals surface area contributed by atoms with Gasteiger partial charge in [0.1, 0.15) is 6.04 Å². The summed E-state index contributed by atoms with van der Waals surface area (Å²) >= 11 is 0. The minimum Gasteiger partial charge on any atom is -0.344 e. The second-order valence-corrected chi connectivity index (χ2v) is 9.93. The molecule has 3 aromatic carbocycles. The van der Waals surface area contributed by atoms with Crippen molar-refractivity contribution in [3.63, 3.8) is 0 Å². The van der Waals surface area contributed by atoms with Crippen LogP contribution < -0.4 is 16.0 Å². The molecule has 4 N–H and O–H groups in total. The van der Waals surface area contributed by atoms with E-state index in [0.29, 0.717) is 18.8 Å². The standard InChI is InChI=1S/C29H33N7O2/c1-4-25(31-26(37)18-29(2,3)30)28(38)36(22-10-6-5-7-11-22)19-20-14-16-21(17-15-20)23-12-8-9-13-24(23)27-32-34-35-33-27/h5-17,25H,4,18-19,30H2,1-3H3,(H,31,37)(H,32,33,34,35)/t25-/m1/s1. The monoisotopic (exact) mass is 511 g/mol. The topological polar surface area (TPSA) is 130 Å². The summed E-state index contributed by atoms with van der Waals surface area (Å²) < 4.78 is 0. The van der Waals surface area contributed by atoms with Gasteiger partial charge in [0.15, 0.2) is 0 Å². The van der Waals surface area contributed by atoms with Crippen LogP contribution in [-0.4, -0.2) is 44.0 Å². The lowest BCUT2D eigenvalue weighted by molar-refractivity contribution is -0.128. The van der Waals surface area contributed by atoms with E-state index in [0.717, 1.165) is 27.9 Å². The molecule has 1 atom stereocenters. The number of H-pyrrole nitrogens is 1. The Morgan fingerprint density at radius 2 is 1.63 bits per heavy atom. The summed E-state index contributed by atoms with van der Waals surface area (Å²) in [5.41, 5.74) is 9.91. The molecule has 1 heterocycles. The number of anilines is 1. The lowest BCUT2D eigenvalue weighted by Crippen LogP contribution is -2.50. The molecule has 0 unspecified atom stereocenters. The molecule has 1 aromatic heterocycles. The first-order chi connectivity index (χ1) is 18.2. The average Bonchev–Trinajstić information content (AvgIpc) is 3.45. The maximum absolute atomic E-state index is 13.7. The smallest absolute Gasteiger partial charge is 0.249 e. The Balaban J connectivity index is 1.57. The number of hydrogen-bond donors (Lipinski definition) is 3. The fraction of sp³-hybridized carbons (Fsp3) is 0.276. The van der Waals surface area contributed by atoms with Crippen LogP contribution in [0.3, 0.4) is 0 Å². The van der Waals surface area contributed by atoms with Crippen molar-refractivity contribution < 1.29 is 9.59 Å². The number of nitrogens with zero attached hydrogens (tertiary/aromatic N) is 4. The van der Waals surface area contributed by atoms with Crippen molar-refractivity contribution >= 4 is 17.5 Å². The van der Waals surface area contributed by atoms with E-state index in [1.807, 2.05) is 85.8 Å². The number of aromatic amines is 1. The van der Waals surface area contributed by atoms with Gasteiger partial charge in [-0.05, 0) is 54.3 Å². The van der Waals surface area contributed by atoms with E-state index in [1.54, 1.807) is 18.7 Å². The van der Waals surface area contributed by atoms with Crippen LogP contribution in [0.1, 0.15) is 39.2 Å². The van der Waals surface area contributed by atoms with Gasteiger partial charge < -0.3 is 16.0 Å². The summed E-state index contributed by atoms with van der Waals surface area (Å²) in [6, 6.07) is 24.7. The number of nitrogens with two attached hydrogens (primary N) is 1. The molecule has 9 heteroatoms. The number of para-hydroxylation sites is 1. The van der Waals surface area contributed by atoms with Crippen LogP contribution in [0.4, 0.5) is 5.69 Å². The minimum atomic E-state index is -0.661. The first-order valence-corrected chi connectivity index (χ1v) is 12.6. The molecule has 0 saturated heterocycles. The second-order valence-electron chi connectivity index (χ2n) is 9.93. The van der Waals surface area contributed by atoms with Crippen molar-refractivity contribution in [2.45, 2.75) is 51.7 Å². The largest absolute Gasteiger partial charge is 0.344 e. The summed E-state index contributed by atoms with van der Waals surface area (Å²) in [5.74, 6) is 0.111. The van der Waals surface area contributed by atoms with Gasteiger partial charge in [-0.2, -0.15) is 5.21 Å². The van der Waals surface area contributed by atoms with Crippen molar-refractivity contribution in [1.82, 2.24) is 25.9 Å². The molecule has 0 saturated carbocycles. The number of amides is 2. The molecule has 2 amide bonds. The summed E-state index contributed by atoms with van der Waals surface area (Å²) in [6.07, 6.45) is 0.597. The number of benzene rings is 3. The Bertz CT molecular complexity index is 1350. The van der Waals surface area contributed by atoms with Gasteiger partial charge in [0.2, 0.25) is 17.6 Å². The van der Waals surface area contributed by atoms with Crippen LogP contribution in [0.25, 0.3) is 22.5 Å². The van der Waals surface area contributed by atoms with E-state index in [4.69, 9.17) is 5.73 Å². The first kappa shape index (κ1) is 26.7. The molecule has 0 fully saturated rings. The van der Waals surface area contributed by atoms with Crippen molar-refractivity contribution in [2.24, 2.45) is 5.73 Å². The fourth-order valence-corrected chi connectivity index (χ4v) is 4.27. The Morgan fingerprint density at radius 3 is 2.24 bits per heavy atom. The second kappa shape index (κ2) is 11.8. The van der Waals surface area contributed by atoms with Gasteiger partial charge >= 0.3 is 0 Å². The third kappa shape index (κ3) is 6.68. The highest BCUT2D eigenvalue weighted by atomic mass is 16.2. The molecule has 0 bridgehead atoms. The van der Waals surface area contributed by atoms with Gasteiger partial charge in [-0.3, -0.25) is 9.59 Å². The SMILES string of the molecule is CC[C@@H](NC(=O)CC(C)(C)N)C(=O)N(Cc1ccc(-c2ccccc2-c2nn[nH]n2)cc1)c1ccccc1. The van der Waals surface area contributed by atoms with E-state index >= 15 is 0 Å². The van der Waals surface area contributed by atoms with Gasteiger partial charge in [0, 0.05) is 23.2 Å². The van der Waals surface area contributed by atoms with Crippen LogP contribution >= 0.6 is 0 Å². The predicted octanol–water partition coefficient (Wildman–Crippen LogP) is 4.09. The molecule has 4 rings (SSSR count). The first-order valence-electron chi connectivity index (χ1n) is 12.6. The zero-order valence-electron chi connectivity index (χ0n) is 21.9. The molecular weight excluding hydrogens is 478 g/mol. The van der Waals surface area contributed by atoms with Crippen LogP contribution in [-0.2, 0) is 16.1 Å². The van der Waals surface area contributed by atoms with Gasteiger partial charge in [-0.1, -0.05) is 73.7 Å². The van der Waals surface area contributed by atoms with Crippen LogP contribution in [0.5, 0.6) is 0 Å². The molecule has 0 spiro atoms. The molecule has 0 aliphatic heterocycles. The average molecular weight is 512 g/mol. The molecule has 38 heavy (non-hydrogen) atoms. The zero-order valence-corrected chi connectivity index (χ0v) is 21.9. The van der Waals surface area contributed by atoms with Crippen molar-refractivity contribution in [3.05, 3.63) is 84.4 Å². The number of aromatic nitrogens is 4. The van der Waals surface area contributed by atoms with Crippen LogP contribution in [0.15, 0.2) is 78.9 Å². The van der Waals surface area contributed by atoms with Crippen LogP contribution in [0.2, 0.25) is 0 Å². The summed E-state index contributed by atoms with van der Waals surface area (Å²) in [4.78, 5) is 28.0. The van der Waals surface area contributed by atoms with Gasteiger partial charge in [0.25, 0.3) is 0 Å². The van der Waals surface area contributed by atoms with E-state index < -0.39 is 11.6 Å². The molecule has 0 aliphatic rings. The predicted molar refractivity (Wildman–Crippen MR) is 148 cm³/mol. The highest BCUT2D eigenvalue weighted by Crippen LogP contribution is 2.30. The third-order valence-electron chi connectivity index (χ3n) is 6.11. The fourth-order valence-electron chi connectivity index (χ4n) is 4.27. The van der Waals surface area contributed by atoms with Crippen LogP contribution in [0, 0.1) is 0 Å². The summed E-state index contributed by atoms with van der Waals surface area (Å²) in [6.45, 7) is 5.81. The van der Waals surface area contributed by atoms with Crippen molar-refractivity contribution in [3.8, 4) is 22.5 Å². The number of hydrogen-bond acceptors (Lipinski definition) is 6. The third-order valence-corrected chi connectivity index (χ3v) is 6.11. The molecule has 9 nitrogen and oxygen atoms in total. The van der Waals surface area contributed by atoms with E-state index in [2.05, 4.69) is 25.9 Å². The van der Waals surface area contributed by atoms with E-state index in [9.17, 15) is 9.59 Å². The van der Waals surface area contributed by atoms with Gasteiger partial charge in [0.05, 0.1) is 6.54 Å². The number of carbonyl (C=O) groups is 2. The number of nitrogens with one attached hydrogen (secondary N) is 2. The Morgan fingerprint density at radius 1 is 0.974 bits per heavy atom. The number of carbonyl (C=O) groups excluding carboxylic acids is 2.